The Labute approximate surface area is 160 Å². The van der Waals surface area contributed by atoms with Crippen molar-refractivity contribution in [3.8, 4) is 0 Å². The highest BCUT2D eigenvalue weighted by molar-refractivity contribution is 6.36. The molecule has 2 aliphatic heterocycles. The summed E-state index contributed by atoms with van der Waals surface area (Å²) in [7, 11) is 3.48. The molecule has 1 fully saturated rings. The van der Waals surface area contributed by atoms with Crippen LogP contribution in [0, 0.1) is 6.92 Å². The monoisotopic (exact) mass is 392 g/mol. The van der Waals surface area contributed by atoms with E-state index in [-0.39, 0.29) is 12.5 Å². The highest BCUT2D eigenvalue weighted by Crippen LogP contribution is 2.31. The molecule has 1 atom stereocenters. The molecule has 7 nitrogen and oxygen atoms in total. The Hall–Kier alpha value is -2.38. The summed E-state index contributed by atoms with van der Waals surface area (Å²) >= 11 is 12.4. The van der Waals surface area contributed by atoms with Crippen LogP contribution in [-0.4, -0.2) is 39.2 Å². The predicted molar refractivity (Wildman–Crippen MR) is 96.6 cm³/mol. The lowest BCUT2D eigenvalue weighted by Gasteiger charge is -2.33. The van der Waals surface area contributed by atoms with E-state index in [4.69, 9.17) is 23.2 Å². The molecule has 2 aromatic rings. The molecule has 1 aromatic carbocycles. The Morgan fingerprint density at radius 2 is 1.85 bits per heavy atom. The Morgan fingerprint density at radius 3 is 2.50 bits per heavy atom. The van der Waals surface area contributed by atoms with Crippen LogP contribution < -0.4 is 4.57 Å². The molecule has 0 radical (unpaired) electrons. The molecule has 0 saturated carbocycles. The molecule has 1 saturated heterocycles. The van der Waals surface area contributed by atoms with Crippen molar-refractivity contribution in [3.63, 3.8) is 0 Å². The highest BCUT2D eigenvalue weighted by atomic mass is 35.5. The number of imidazole rings is 1. The average molecular weight is 393 g/mol. The minimum Gasteiger partial charge on any atom is -0.270 e. The first kappa shape index (κ1) is 17.1. The molecule has 3 heterocycles. The molecule has 26 heavy (non-hydrogen) atoms. The lowest BCUT2D eigenvalue weighted by molar-refractivity contribution is -0.677. The number of aromatic nitrogens is 2. The maximum absolute atomic E-state index is 13.2. The molecule has 9 heteroatoms. The van der Waals surface area contributed by atoms with E-state index in [9.17, 15) is 9.59 Å². The fourth-order valence-corrected chi connectivity index (χ4v) is 3.80. The van der Waals surface area contributed by atoms with Gasteiger partial charge in [-0.2, -0.15) is 0 Å². The zero-order valence-corrected chi connectivity index (χ0v) is 15.9. The Bertz CT molecular complexity index is 977. The first-order valence-electron chi connectivity index (χ1n) is 7.99. The van der Waals surface area contributed by atoms with Gasteiger partial charge in [0.05, 0.1) is 13.6 Å². The van der Waals surface area contributed by atoms with Crippen molar-refractivity contribution in [2.45, 2.75) is 19.5 Å². The number of urea groups is 1. The van der Waals surface area contributed by atoms with Crippen molar-refractivity contribution in [2.75, 3.05) is 7.05 Å². The van der Waals surface area contributed by atoms with E-state index in [0.29, 0.717) is 27.4 Å². The molecule has 134 valence electrons. The summed E-state index contributed by atoms with van der Waals surface area (Å²) in [5.41, 5.74) is 1.51. The Kier molecular flexibility index (Phi) is 3.82. The second-order valence-corrected chi connectivity index (χ2v) is 7.19. The number of imide groups is 1. The second kappa shape index (κ2) is 5.82. The molecule has 1 aromatic heterocycles. The molecule has 0 aliphatic carbocycles. The van der Waals surface area contributed by atoms with Gasteiger partial charge >= 0.3 is 12.0 Å². The Morgan fingerprint density at radius 1 is 1.19 bits per heavy atom. The maximum Gasteiger partial charge on any atom is 0.401 e. The van der Waals surface area contributed by atoms with E-state index >= 15 is 0 Å². The number of aliphatic imine (C=N–C) groups is 1. The van der Waals surface area contributed by atoms with Crippen LogP contribution in [0.25, 0.3) is 0 Å². The predicted octanol–water partition coefficient (Wildman–Crippen LogP) is 2.61. The largest absolute Gasteiger partial charge is 0.401 e. The average Bonchev–Trinajstić information content (AvgIpc) is 3.09. The first-order chi connectivity index (χ1) is 12.3. The molecular formula is C17H16Cl2N5O2+. The van der Waals surface area contributed by atoms with E-state index in [1.165, 1.54) is 9.80 Å². The van der Waals surface area contributed by atoms with Gasteiger partial charge in [0, 0.05) is 22.7 Å². The fraction of sp³-hybridized carbons (Fsp3) is 0.294. The number of carbonyl (C=O) groups is 2. The van der Waals surface area contributed by atoms with Gasteiger partial charge in [0.2, 0.25) is 11.9 Å². The first-order valence-corrected chi connectivity index (χ1v) is 8.75. The number of fused-ring (bicyclic) bond motifs is 3. The van der Waals surface area contributed by atoms with E-state index in [1.54, 1.807) is 29.8 Å². The van der Waals surface area contributed by atoms with Crippen molar-refractivity contribution in [2.24, 2.45) is 12.0 Å². The minimum absolute atomic E-state index is 0.00595. The lowest BCUT2D eigenvalue weighted by Crippen LogP contribution is -2.62. The van der Waals surface area contributed by atoms with Crippen molar-refractivity contribution < 1.29 is 14.2 Å². The number of rotatable bonds is 2. The van der Waals surface area contributed by atoms with Crippen LogP contribution in [0.5, 0.6) is 0 Å². The van der Waals surface area contributed by atoms with Crippen molar-refractivity contribution in [1.82, 2.24) is 14.4 Å². The van der Waals surface area contributed by atoms with Crippen molar-refractivity contribution in [1.29, 1.82) is 0 Å². The van der Waals surface area contributed by atoms with E-state index < -0.39 is 12.1 Å². The van der Waals surface area contributed by atoms with Gasteiger partial charge in [0.15, 0.2) is 0 Å². The molecule has 0 N–H and O–H groups in total. The van der Waals surface area contributed by atoms with Gasteiger partial charge in [-0.25, -0.2) is 13.9 Å². The Balaban J connectivity index is 1.76. The lowest BCUT2D eigenvalue weighted by atomic mass is 10.1. The summed E-state index contributed by atoms with van der Waals surface area (Å²) in [6, 6.07) is 3.96. The van der Waals surface area contributed by atoms with Gasteiger partial charge in [-0.1, -0.05) is 34.3 Å². The number of benzene rings is 1. The molecule has 4 rings (SSSR count). The number of halogens is 2. The third kappa shape index (κ3) is 2.27. The van der Waals surface area contributed by atoms with Crippen molar-refractivity contribution >= 4 is 46.9 Å². The van der Waals surface area contributed by atoms with Crippen LogP contribution in [0.2, 0.25) is 10.0 Å². The molecular weight excluding hydrogens is 377 g/mol. The van der Waals surface area contributed by atoms with Gasteiger partial charge in [-0.05, 0) is 19.1 Å². The SMILES string of the molecule is Cc1c[n+]2c(n1C)N=C1C2C(=O)N(Cc2c(Cl)cccc2Cl)C(=O)N1C. The molecule has 3 amide bonds. The van der Waals surface area contributed by atoms with Crippen LogP contribution in [0.1, 0.15) is 17.3 Å². The number of amides is 3. The zero-order chi connectivity index (χ0) is 18.7. The van der Waals surface area contributed by atoms with Crippen LogP contribution >= 0.6 is 23.2 Å². The summed E-state index contributed by atoms with van der Waals surface area (Å²) in [5, 5.41) is 0.825. The molecule has 1 unspecified atom stereocenters. The molecule has 2 aliphatic rings. The van der Waals surface area contributed by atoms with Gasteiger partial charge in [0.25, 0.3) is 5.91 Å². The van der Waals surface area contributed by atoms with Crippen LogP contribution in [0.4, 0.5) is 10.7 Å². The van der Waals surface area contributed by atoms with Crippen LogP contribution in [0.15, 0.2) is 29.4 Å². The van der Waals surface area contributed by atoms with Gasteiger partial charge in [-0.15, -0.1) is 0 Å². The highest BCUT2D eigenvalue weighted by Gasteiger charge is 2.52. The van der Waals surface area contributed by atoms with Gasteiger partial charge in [0.1, 0.15) is 11.9 Å². The summed E-state index contributed by atoms with van der Waals surface area (Å²) in [4.78, 5) is 33.0. The number of aryl methyl sites for hydroxylation is 1. The van der Waals surface area contributed by atoms with E-state index in [0.717, 1.165) is 5.69 Å². The molecule has 0 bridgehead atoms. The minimum atomic E-state index is -0.672. The number of hydrogen-bond donors (Lipinski definition) is 0. The topological polar surface area (TPSA) is 61.8 Å². The number of likely N-dealkylation sites (N-methyl/N-ethyl adjacent to an activating group) is 1. The van der Waals surface area contributed by atoms with Crippen LogP contribution in [-0.2, 0) is 18.4 Å². The zero-order valence-electron chi connectivity index (χ0n) is 14.4. The third-order valence-corrected chi connectivity index (χ3v) is 5.57. The smallest absolute Gasteiger partial charge is 0.270 e. The van der Waals surface area contributed by atoms with Gasteiger partial charge in [-0.3, -0.25) is 14.6 Å². The van der Waals surface area contributed by atoms with E-state index in [2.05, 4.69) is 4.99 Å². The summed E-state index contributed by atoms with van der Waals surface area (Å²) < 4.78 is 3.67. The summed E-state index contributed by atoms with van der Waals surface area (Å²) in [5.74, 6) is 0.706. The number of nitrogens with zero attached hydrogens (tertiary/aromatic N) is 5. The second-order valence-electron chi connectivity index (χ2n) is 6.38. The quantitative estimate of drug-likeness (QED) is 0.737. The van der Waals surface area contributed by atoms with Gasteiger partial charge < -0.3 is 0 Å². The van der Waals surface area contributed by atoms with E-state index in [1.807, 2.05) is 24.7 Å². The van der Waals surface area contributed by atoms with Crippen LogP contribution in [0.3, 0.4) is 0 Å². The molecule has 0 spiro atoms. The third-order valence-electron chi connectivity index (χ3n) is 4.86. The normalized spacial score (nSPS) is 19.0. The number of carbonyl (C=O) groups excluding carboxylic acids is 2. The maximum atomic E-state index is 13.2. The number of hydrogen-bond acceptors (Lipinski definition) is 3. The standard InChI is InChI=1S/C17H16Cl2N5O2/c1-9-7-23-13-14(20-16(23)21(9)2)22(3)17(26)24(15(13)25)8-10-11(18)5-4-6-12(10)19/h4-7,13H,8H2,1-3H3/q+1. The number of amidine groups is 1. The summed E-state index contributed by atoms with van der Waals surface area (Å²) in [6.07, 6.45) is 1.86. The summed E-state index contributed by atoms with van der Waals surface area (Å²) in [6.45, 7) is 1.94. The fourth-order valence-electron chi connectivity index (χ4n) is 3.28. The van der Waals surface area contributed by atoms with Crippen molar-refractivity contribution in [3.05, 3.63) is 45.7 Å².